The van der Waals surface area contributed by atoms with Gasteiger partial charge in [-0.25, -0.2) is 9.59 Å². The normalized spacial score (nSPS) is 13.1. The lowest BCUT2D eigenvalue weighted by Crippen LogP contribution is -2.58. The molecule has 0 spiro atoms. The Labute approximate surface area is 369 Å². The van der Waals surface area contributed by atoms with Gasteiger partial charge in [0.15, 0.2) is 0 Å². The molecule has 0 unspecified atom stereocenters. The van der Waals surface area contributed by atoms with Crippen molar-refractivity contribution in [1.29, 1.82) is 0 Å². The average Bonchev–Trinajstić information content (AvgIpc) is 3.27. The average molecular weight is 869 g/mol. The highest BCUT2D eigenvalue weighted by molar-refractivity contribution is 5.95. The molecule has 0 saturated carbocycles. The fourth-order valence-electron chi connectivity index (χ4n) is 6.53. The summed E-state index contributed by atoms with van der Waals surface area (Å²) in [5, 5.41) is 20.0. The van der Waals surface area contributed by atoms with Crippen molar-refractivity contribution in [2.24, 2.45) is 5.92 Å². The van der Waals surface area contributed by atoms with Crippen molar-refractivity contribution in [3.05, 3.63) is 125 Å². The number of likely N-dealkylation sites (N-methyl/N-ethyl adjacent to an activating group) is 1. The number of hydrogen-bond acceptors (Lipinski definition) is 11. The largest absolute Gasteiger partial charge is 0.497 e. The number of amides is 4. The van der Waals surface area contributed by atoms with E-state index in [9.17, 15) is 29.1 Å². The highest BCUT2D eigenvalue weighted by atomic mass is 16.6. The maximum atomic E-state index is 14.4. The molecule has 0 radical (unpaired) electrons. The van der Waals surface area contributed by atoms with E-state index in [1.807, 2.05) is 44.2 Å². The monoisotopic (exact) mass is 868 g/mol. The van der Waals surface area contributed by atoms with Crippen LogP contribution in [0.25, 0.3) is 0 Å². The number of carbonyl (C=O) groups excluding carboxylic acids is 5. The van der Waals surface area contributed by atoms with Crippen molar-refractivity contribution in [3.63, 3.8) is 0 Å². The lowest BCUT2D eigenvalue weighted by Gasteiger charge is -2.33. The Morgan fingerprint density at radius 1 is 0.683 bits per heavy atom. The molecule has 4 aromatic rings. The number of benzene rings is 4. The van der Waals surface area contributed by atoms with Crippen LogP contribution in [0.1, 0.15) is 81.9 Å². The number of aliphatic hydroxyl groups excluding tert-OH is 1. The lowest BCUT2D eigenvalue weighted by molar-refractivity contribution is -0.147. The molecular formula is C48H60N4O11. The fraction of sp³-hybridized carbons (Fsp3) is 0.396. The molecule has 4 atom stereocenters. The highest BCUT2D eigenvalue weighted by Crippen LogP contribution is 2.27. The van der Waals surface area contributed by atoms with Gasteiger partial charge in [-0.1, -0.05) is 80.6 Å². The van der Waals surface area contributed by atoms with Crippen molar-refractivity contribution in [3.8, 4) is 17.2 Å². The Kier molecular flexibility index (Phi) is 17.9. The van der Waals surface area contributed by atoms with Gasteiger partial charge >= 0.3 is 12.1 Å². The zero-order valence-electron chi connectivity index (χ0n) is 37.4. The predicted octanol–water partition coefficient (Wildman–Crippen LogP) is 6.04. The number of nitrogens with zero attached hydrogens (tertiary/aromatic N) is 1. The first kappa shape index (κ1) is 49.0. The Morgan fingerprint density at radius 3 is 1.70 bits per heavy atom. The Hall–Kier alpha value is -6.61. The Balaban J connectivity index is 1.64. The number of rotatable bonds is 20. The van der Waals surface area contributed by atoms with Crippen LogP contribution in [-0.4, -0.2) is 91.9 Å². The van der Waals surface area contributed by atoms with Crippen molar-refractivity contribution < 1.29 is 52.8 Å². The summed E-state index contributed by atoms with van der Waals surface area (Å²) in [7, 11) is 5.60. The first-order valence-electron chi connectivity index (χ1n) is 20.6. The zero-order valence-corrected chi connectivity index (χ0v) is 37.4. The summed E-state index contributed by atoms with van der Waals surface area (Å²) in [6, 6.07) is 24.8. The Bertz CT molecular complexity index is 2060. The molecule has 338 valence electrons. The second-order valence-corrected chi connectivity index (χ2v) is 16.3. The van der Waals surface area contributed by atoms with Crippen LogP contribution in [0.3, 0.4) is 0 Å². The summed E-state index contributed by atoms with van der Waals surface area (Å²) in [4.78, 5) is 70.1. The molecule has 4 N–H and O–H groups in total. The number of hydrogen-bond donors (Lipinski definition) is 4. The first-order chi connectivity index (χ1) is 29.9. The molecule has 0 saturated heterocycles. The van der Waals surface area contributed by atoms with Gasteiger partial charge in [0.25, 0.3) is 0 Å². The van der Waals surface area contributed by atoms with Gasteiger partial charge in [-0.2, -0.15) is 0 Å². The van der Waals surface area contributed by atoms with Crippen LogP contribution in [0.5, 0.6) is 17.2 Å². The summed E-state index contributed by atoms with van der Waals surface area (Å²) >= 11 is 0. The van der Waals surface area contributed by atoms with E-state index in [1.54, 1.807) is 108 Å². The van der Waals surface area contributed by atoms with Crippen LogP contribution in [0, 0.1) is 5.92 Å². The van der Waals surface area contributed by atoms with Gasteiger partial charge in [0.05, 0.1) is 33.8 Å². The second-order valence-electron chi connectivity index (χ2n) is 16.3. The minimum atomic E-state index is -1.74. The predicted molar refractivity (Wildman–Crippen MR) is 236 cm³/mol. The van der Waals surface area contributed by atoms with E-state index in [0.717, 1.165) is 17.6 Å². The zero-order chi connectivity index (χ0) is 46.3. The molecule has 63 heavy (non-hydrogen) atoms. The van der Waals surface area contributed by atoms with Crippen molar-refractivity contribution in [2.75, 3.05) is 28.4 Å². The van der Waals surface area contributed by atoms with Crippen LogP contribution < -0.4 is 30.2 Å². The molecule has 15 nitrogen and oxygen atoms in total. The van der Waals surface area contributed by atoms with Gasteiger partial charge in [-0.15, -0.1) is 0 Å². The van der Waals surface area contributed by atoms with Gasteiger partial charge in [0.1, 0.15) is 53.7 Å². The number of aliphatic hydroxyl groups is 1. The Morgan fingerprint density at radius 2 is 1.21 bits per heavy atom. The number of carbonyl (C=O) groups is 5. The summed E-state index contributed by atoms with van der Waals surface area (Å²) in [6.45, 7) is 9.10. The molecule has 15 heteroatoms. The van der Waals surface area contributed by atoms with E-state index >= 15 is 0 Å². The molecule has 4 rings (SSSR count). The quantitative estimate of drug-likeness (QED) is 0.0759. The standard InChI is InChI=1S/C48H60N4O11/c1-30(2)27-39(52(6)47(58)63-48(3,4)5)44(55)51-42(43(54)34-19-25-37(26-20-34)62-29-31-13-11-10-12-14-31)45(56)49-38(46(57)61-9)28-40(53)50-41(32-15-21-35(59-7)22-16-32)33-17-23-36(60-8)24-18-33/h10-26,30,38-39,41-43,54H,27-29H2,1-9H3,(H,49,56)(H,50,53)(H,51,55)/t38-,39+,42+,43+/m0/s1. The maximum absolute atomic E-state index is 14.4. The summed E-state index contributed by atoms with van der Waals surface area (Å²) in [6.07, 6.45) is -2.86. The van der Waals surface area contributed by atoms with Crippen molar-refractivity contribution in [2.45, 2.75) is 89.9 Å². The van der Waals surface area contributed by atoms with E-state index in [0.29, 0.717) is 28.4 Å². The van der Waals surface area contributed by atoms with Crippen LogP contribution >= 0.6 is 0 Å². The molecule has 0 aromatic heterocycles. The number of ether oxygens (including phenoxy) is 5. The van der Waals surface area contributed by atoms with Crippen LogP contribution in [0.15, 0.2) is 103 Å². The molecular weight excluding hydrogens is 809 g/mol. The summed E-state index contributed by atoms with van der Waals surface area (Å²) < 4.78 is 27.1. The van der Waals surface area contributed by atoms with E-state index in [1.165, 1.54) is 7.05 Å². The minimum absolute atomic E-state index is 0.0897. The highest BCUT2D eigenvalue weighted by Gasteiger charge is 2.38. The number of nitrogens with one attached hydrogen (secondary N) is 3. The molecule has 0 aliphatic rings. The van der Waals surface area contributed by atoms with E-state index in [2.05, 4.69) is 16.0 Å². The summed E-state index contributed by atoms with van der Waals surface area (Å²) in [5.74, 6) is -1.76. The van der Waals surface area contributed by atoms with Gasteiger partial charge in [0, 0.05) is 7.05 Å². The molecule has 0 aliphatic heterocycles. The number of esters is 1. The van der Waals surface area contributed by atoms with Gasteiger partial charge < -0.3 is 44.7 Å². The van der Waals surface area contributed by atoms with E-state index in [4.69, 9.17) is 23.7 Å². The molecule has 0 bridgehead atoms. The first-order valence-corrected chi connectivity index (χ1v) is 20.6. The topological polar surface area (TPSA) is 191 Å². The number of methoxy groups -OCH3 is 3. The molecule has 4 amide bonds. The minimum Gasteiger partial charge on any atom is -0.497 e. The van der Waals surface area contributed by atoms with E-state index < -0.39 is 72.1 Å². The van der Waals surface area contributed by atoms with Crippen LogP contribution in [0.2, 0.25) is 0 Å². The molecule has 0 fully saturated rings. The van der Waals surface area contributed by atoms with Gasteiger partial charge in [-0.05, 0) is 91.8 Å². The van der Waals surface area contributed by atoms with Crippen molar-refractivity contribution >= 4 is 29.8 Å². The van der Waals surface area contributed by atoms with Crippen LogP contribution in [-0.2, 0) is 35.3 Å². The third-order valence-electron chi connectivity index (χ3n) is 9.91. The fourth-order valence-corrected chi connectivity index (χ4v) is 6.53. The SMILES string of the molecule is COC(=O)[C@H](CC(=O)NC(c1ccc(OC)cc1)c1ccc(OC)cc1)NC(=O)[C@H](NC(=O)[C@@H](CC(C)C)N(C)C(=O)OC(C)(C)C)[C@H](O)c1ccc(OCc2ccccc2)cc1. The van der Waals surface area contributed by atoms with Crippen LogP contribution in [0.4, 0.5) is 4.79 Å². The summed E-state index contributed by atoms with van der Waals surface area (Å²) in [5.41, 5.74) is 1.69. The molecule has 0 heterocycles. The van der Waals surface area contributed by atoms with Gasteiger partial charge in [0.2, 0.25) is 17.7 Å². The third kappa shape index (κ3) is 14.8. The maximum Gasteiger partial charge on any atom is 0.410 e. The van der Waals surface area contributed by atoms with Crippen molar-refractivity contribution in [1.82, 2.24) is 20.9 Å². The smallest absolute Gasteiger partial charge is 0.410 e. The second kappa shape index (κ2) is 23.0. The van der Waals surface area contributed by atoms with E-state index in [-0.39, 0.29) is 24.5 Å². The lowest BCUT2D eigenvalue weighted by atomic mass is 9.97. The third-order valence-corrected chi connectivity index (χ3v) is 9.91. The molecule has 4 aromatic carbocycles. The molecule has 0 aliphatic carbocycles. The van der Waals surface area contributed by atoms with Gasteiger partial charge in [-0.3, -0.25) is 19.3 Å².